The second-order valence-corrected chi connectivity index (χ2v) is 5.10. The van der Waals surface area contributed by atoms with Crippen molar-refractivity contribution in [2.45, 2.75) is 6.54 Å². The number of pyridine rings is 1. The maximum Gasteiger partial charge on any atom is 0.359 e. The molecule has 24 heavy (non-hydrogen) atoms. The van der Waals surface area contributed by atoms with E-state index in [1.807, 2.05) is 0 Å². The molecule has 0 saturated heterocycles. The van der Waals surface area contributed by atoms with Gasteiger partial charge in [-0.1, -0.05) is 12.1 Å². The predicted octanol–water partition coefficient (Wildman–Crippen LogP) is 3.06. The molecule has 0 fully saturated rings. The van der Waals surface area contributed by atoms with E-state index >= 15 is 0 Å². The number of halogens is 2. The van der Waals surface area contributed by atoms with Gasteiger partial charge < -0.3 is 4.74 Å². The molecular weight excluding hydrogens is 316 g/mol. The van der Waals surface area contributed by atoms with Crippen LogP contribution in [0.5, 0.6) is 0 Å². The van der Waals surface area contributed by atoms with E-state index in [4.69, 9.17) is 0 Å². The van der Waals surface area contributed by atoms with E-state index in [0.717, 1.165) is 18.2 Å². The first-order valence-corrected chi connectivity index (χ1v) is 7.08. The fourth-order valence-corrected chi connectivity index (χ4v) is 2.24. The summed E-state index contributed by atoms with van der Waals surface area (Å²) in [5.41, 5.74) is 1.84. The predicted molar refractivity (Wildman–Crippen MR) is 82.3 cm³/mol. The van der Waals surface area contributed by atoms with E-state index in [9.17, 15) is 13.6 Å². The first kappa shape index (κ1) is 15.8. The largest absolute Gasteiger partial charge is 0.464 e. The van der Waals surface area contributed by atoms with Gasteiger partial charge in [0, 0.05) is 18.0 Å². The number of esters is 1. The number of aromatic nitrogens is 3. The van der Waals surface area contributed by atoms with Gasteiger partial charge in [0.05, 0.1) is 19.9 Å². The normalized spacial score (nSPS) is 10.6. The number of nitrogens with zero attached hydrogens (tertiary/aromatic N) is 3. The summed E-state index contributed by atoms with van der Waals surface area (Å²) >= 11 is 0. The highest BCUT2D eigenvalue weighted by Crippen LogP contribution is 2.19. The molecule has 0 aliphatic heterocycles. The van der Waals surface area contributed by atoms with Gasteiger partial charge >= 0.3 is 5.97 Å². The Hall–Kier alpha value is -3.09. The molecule has 0 spiro atoms. The van der Waals surface area contributed by atoms with E-state index < -0.39 is 11.8 Å². The van der Waals surface area contributed by atoms with Gasteiger partial charge in [-0.15, -0.1) is 0 Å². The monoisotopic (exact) mass is 329 g/mol. The lowest BCUT2D eigenvalue weighted by atomic mass is 10.1. The Morgan fingerprint density at radius 3 is 2.58 bits per heavy atom. The molecule has 0 unspecified atom stereocenters. The molecule has 0 aliphatic carbocycles. The Kier molecular flexibility index (Phi) is 4.33. The van der Waals surface area contributed by atoms with Crippen molar-refractivity contribution in [3.63, 3.8) is 0 Å². The smallest absolute Gasteiger partial charge is 0.359 e. The van der Waals surface area contributed by atoms with Crippen molar-refractivity contribution in [1.82, 2.24) is 14.8 Å². The molecule has 0 saturated carbocycles. The second kappa shape index (κ2) is 6.57. The van der Waals surface area contributed by atoms with Crippen molar-refractivity contribution in [1.29, 1.82) is 0 Å². The molecule has 0 aliphatic rings. The van der Waals surface area contributed by atoms with E-state index in [1.54, 1.807) is 29.2 Å². The van der Waals surface area contributed by atoms with Crippen LogP contribution in [0, 0.1) is 11.6 Å². The van der Waals surface area contributed by atoms with Crippen molar-refractivity contribution in [2.75, 3.05) is 7.11 Å². The molecule has 3 aromatic rings. The molecule has 0 bridgehead atoms. The second-order valence-electron chi connectivity index (χ2n) is 5.10. The number of carbonyl (C=O) groups is 1. The third-order valence-electron chi connectivity index (χ3n) is 3.43. The number of hydrogen-bond donors (Lipinski definition) is 0. The van der Waals surface area contributed by atoms with Gasteiger partial charge in [0.1, 0.15) is 5.82 Å². The van der Waals surface area contributed by atoms with Gasteiger partial charge in [0.25, 0.3) is 0 Å². The quantitative estimate of drug-likeness (QED) is 0.690. The molecule has 3 rings (SSSR count). The topological polar surface area (TPSA) is 57.0 Å². The average molecular weight is 329 g/mol. The Morgan fingerprint density at radius 1 is 1.17 bits per heavy atom. The molecule has 0 radical (unpaired) electrons. The number of rotatable bonds is 4. The zero-order valence-corrected chi connectivity index (χ0v) is 12.7. The third-order valence-corrected chi connectivity index (χ3v) is 3.43. The maximum absolute atomic E-state index is 13.9. The van der Waals surface area contributed by atoms with Crippen molar-refractivity contribution in [2.24, 2.45) is 0 Å². The summed E-state index contributed by atoms with van der Waals surface area (Å²) in [6.45, 7) is 0.284. The summed E-state index contributed by atoms with van der Waals surface area (Å²) in [6.07, 6.45) is 4.80. The zero-order chi connectivity index (χ0) is 17.1. The molecule has 7 heteroatoms. The van der Waals surface area contributed by atoms with Crippen LogP contribution >= 0.6 is 0 Å². The number of methoxy groups -OCH3 is 1. The fraction of sp³-hybridized carbons (Fsp3) is 0.118. The lowest BCUT2D eigenvalue weighted by molar-refractivity contribution is 0.0588. The van der Waals surface area contributed by atoms with Crippen LogP contribution in [0.3, 0.4) is 0 Å². The first-order valence-electron chi connectivity index (χ1n) is 7.08. The van der Waals surface area contributed by atoms with Gasteiger partial charge in [0.15, 0.2) is 11.5 Å². The van der Waals surface area contributed by atoms with Crippen LogP contribution in [0.2, 0.25) is 0 Å². The van der Waals surface area contributed by atoms with E-state index in [1.165, 1.54) is 24.4 Å². The van der Waals surface area contributed by atoms with Crippen LogP contribution in [0.25, 0.3) is 11.1 Å². The minimum Gasteiger partial charge on any atom is -0.464 e. The zero-order valence-electron chi connectivity index (χ0n) is 12.7. The summed E-state index contributed by atoms with van der Waals surface area (Å²) < 4.78 is 32.9. The van der Waals surface area contributed by atoms with Gasteiger partial charge in [-0.25, -0.2) is 18.6 Å². The van der Waals surface area contributed by atoms with Gasteiger partial charge in [-0.05, 0) is 29.3 Å². The number of benzene rings is 1. The molecule has 0 amide bonds. The molecule has 1 aromatic carbocycles. The highest BCUT2D eigenvalue weighted by molar-refractivity contribution is 5.87. The summed E-state index contributed by atoms with van der Waals surface area (Å²) in [7, 11) is 1.16. The Labute approximate surface area is 136 Å². The summed E-state index contributed by atoms with van der Waals surface area (Å²) in [5, 5.41) is 4.19. The van der Waals surface area contributed by atoms with Crippen LogP contribution in [0.1, 0.15) is 16.1 Å². The molecule has 0 atom stereocenters. The Balaban J connectivity index is 1.78. The van der Waals surface area contributed by atoms with E-state index in [0.29, 0.717) is 5.56 Å². The van der Waals surface area contributed by atoms with Gasteiger partial charge in [0.2, 0.25) is 0 Å². The third kappa shape index (κ3) is 3.29. The summed E-state index contributed by atoms with van der Waals surface area (Å²) in [5.74, 6) is -1.87. The van der Waals surface area contributed by atoms with Gasteiger partial charge in [-0.2, -0.15) is 5.10 Å². The van der Waals surface area contributed by atoms with E-state index in [2.05, 4.69) is 14.8 Å². The maximum atomic E-state index is 13.9. The molecule has 5 nitrogen and oxygen atoms in total. The number of hydrogen-bond acceptors (Lipinski definition) is 4. The van der Waals surface area contributed by atoms with Crippen LogP contribution in [0.4, 0.5) is 8.78 Å². The van der Waals surface area contributed by atoms with Crippen LogP contribution in [0.15, 0.2) is 48.9 Å². The fourth-order valence-electron chi connectivity index (χ4n) is 2.24. The number of carbonyl (C=O) groups excluding carboxylic acids is 1. The minimum absolute atomic E-state index is 0.284. The van der Waals surface area contributed by atoms with Crippen LogP contribution in [-0.2, 0) is 11.3 Å². The van der Waals surface area contributed by atoms with Crippen molar-refractivity contribution in [3.8, 4) is 11.1 Å². The highest BCUT2D eigenvalue weighted by atomic mass is 19.1. The van der Waals surface area contributed by atoms with Crippen molar-refractivity contribution in [3.05, 3.63) is 71.8 Å². The van der Waals surface area contributed by atoms with Crippen LogP contribution < -0.4 is 0 Å². The summed E-state index contributed by atoms with van der Waals surface area (Å²) in [4.78, 5) is 15.1. The van der Waals surface area contributed by atoms with Crippen molar-refractivity contribution < 1.29 is 18.3 Å². The minimum atomic E-state index is -0.822. The molecule has 122 valence electrons. The molecule has 0 N–H and O–H groups in total. The summed E-state index contributed by atoms with van der Waals surface area (Å²) in [6, 6.07) is 7.28. The Bertz CT molecular complexity index is 876. The first-order chi connectivity index (χ1) is 11.6. The van der Waals surface area contributed by atoms with E-state index in [-0.39, 0.29) is 18.1 Å². The molecule has 2 aromatic heterocycles. The average Bonchev–Trinajstić information content (AvgIpc) is 3.03. The van der Waals surface area contributed by atoms with Crippen molar-refractivity contribution >= 4 is 5.97 Å². The lowest BCUT2D eigenvalue weighted by Gasteiger charge is -2.04. The van der Waals surface area contributed by atoms with Crippen LogP contribution in [-0.4, -0.2) is 27.8 Å². The Morgan fingerprint density at radius 2 is 1.92 bits per heavy atom. The number of ether oxygens (including phenoxy) is 1. The lowest BCUT2D eigenvalue weighted by Crippen LogP contribution is -2.09. The SMILES string of the molecule is COC(=O)c1ncc(Cn2cc(-c3ccc(F)cc3)cn2)cc1F. The standard InChI is InChI=1S/C17H13F2N3O2/c1-24-17(23)16-15(19)6-11(7-20-16)9-22-10-13(8-21-22)12-2-4-14(18)5-3-12/h2-8,10H,9H2,1H3. The molecular formula is C17H13F2N3O2. The highest BCUT2D eigenvalue weighted by Gasteiger charge is 2.14. The van der Waals surface area contributed by atoms with Gasteiger partial charge in [-0.3, -0.25) is 4.68 Å². The molecule has 2 heterocycles.